The molecule has 2 aromatic carbocycles. The monoisotopic (exact) mass is 437 g/mol. The maximum absolute atomic E-state index is 12.8. The second-order valence-electron chi connectivity index (χ2n) is 6.92. The van der Waals surface area contributed by atoms with E-state index in [0.717, 1.165) is 5.56 Å². The number of hydrogen-bond donors (Lipinski definition) is 1. The van der Waals surface area contributed by atoms with E-state index < -0.39 is 0 Å². The van der Waals surface area contributed by atoms with Gasteiger partial charge in [-0.25, -0.2) is 4.98 Å². The molecule has 8 heteroatoms. The van der Waals surface area contributed by atoms with Crippen LogP contribution in [0.25, 0.3) is 16.6 Å². The van der Waals surface area contributed by atoms with Gasteiger partial charge in [0, 0.05) is 17.8 Å². The van der Waals surface area contributed by atoms with E-state index in [0.29, 0.717) is 51.6 Å². The first-order chi connectivity index (χ1) is 15.0. The van der Waals surface area contributed by atoms with E-state index in [1.807, 2.05) is 18.2 Å². The summed E-state index contributed by atoms with van der Waals surface area (Å²) in [5, 5.41) is 3.73. The van der Waals surface area contributed by atoms with Crippen molar-refractivity contribution in [3.63, 3.8) is 0 Å². The lowest BCUT2D eigenvalue weighted by molar-refractivity contribution is 0.0953. The van der Waals surface area contributed by atoms with Crippen LogP contribution < -0.4 is 20.3 Å². The Bertz CT molecular complexity index is 1350. The number of rotatable bonds is 6. The van der Waals surface area contributed by atoms with Crippen molar-refractivity contribution in [3.8, 4) is 11.5 Å². The minimum absolute atomic E-state index is 0.275. The molecule has 31 heavy (non-hydrogen) atoms. The Hall–Kier alpha value is -3.58. The van der Waals surface area contributed by atoms with Crippen molar-refractivity contribution < 1.29 is 14.3 Å². The number of fused-ring (bicyclic) bond motifs is 2. The van der Waals surface area contributed by atoms with Gasteiger partial charge in [0.15, 0.2) is 11.5 Å². The van der Waals surface area contributed by atoms with Gasteiger partial charge in [0.2, 0.25) is 0 Å². The predicted octanol–water partition coefficient (Wildman–Crippen LogP) is 3.49. The number of hydrogen-bond acceptors (Lipinski definition) is 5. The van der Waals surface area contributed by atoms with Crippen LogP contribution in [0.2, 0.25) is 5.02 Å². The highest BCUT2D eigenvalue weighted by Crippen LogP contribution is 2.27. The summed E-state index contributed by atoms with van der Waals surface area (Å²) in [4.78, 5) is 29.9. The van der Waals surface area contributed by atoms with E-state index in [1.165, 1.54) is 10.6 Å². The van der Waals surface area contributed by atoms with Crippen molar-refractivity contribution in [2.45, 2.75) is 6.42 Å². The van der Waals surface area contributed by atoms with Crippen LogP contribution in [0.3, 0.4) is 0 Å². The summed E-state index contributed by atoms with van der Waals surface area (Å²) in [7, 11) is 3.16. The van der Waals surface area contributed by atoms with Crippen molar-refractivity contribution >= 4 is 34.1 Å². The Morgan fingerprint density at radius 3 is 2.65 bits per heavy atom. The van der Waals surface area contributed by atoms with E-state index in [-0.39, 0.29) is 11.5 Å². The first kappa shape index (κ1) is 20.7. The minimum Gasteiger partial charge on any atom is -0.493 e. The maximum atomic E-state index is 12.8. The molecule has 0 spiro atoms. The number of carbonyl (C=O) groups is 1. The molecule has 0 aliphatic carbocycles. The molecule has 0 saturated heterocycles. The Kier molecular flexibility index (Phi) is 5.77. The average molecular weight is 438 g/mol. The van der Waals surface area contributed by atoms with Gasteiger partial charge in [0.05, 0.1) is 30.7 Å². The van der Waals surface area contributed by atoms with Gasteiger partial charge in [0.1, 0.15) is 5.65 Å². The van der Waals surface area contributed by atoms with Crippen LogP contribution in [-0.4, -0.2) is 36.1 Å². The number of halogens is 1. The summed E-state index contributed by atoms with van der Waals surface area (Å²) in [5.41, 5.74) is 2.11. The standard InChI is InChI=1S/C23H20ClN3O4/c1-30-19-7-3-14(11-20(19)31-2)9-10-25-22(28)15-4-8-21-26-18-6-5-16(24)12-17(18)23(29)27(21)13-15/h3-8,11-13H,9-10H2,1-2H3,(H,25,28). The number of pyridine rings is 1. The third-order valence-corrected chi connectivity index (χ3v) is 5.21. The molecule has 0 aliphatic rings. The predicted molar refractivity (Wildman–Crippen MR) is 120 cm³/mol. The van der Waals surface area contributed by atoms with E-state index in [2.05, 4.69) is 10.3 Å². The van der Waals surface area contributed by atoms with Gasteiger partial charge in [-0.15, -0.1) is 0 Å². The van der Waals surface area contributed by atoms with E-state index in [4.69, 9.17) is 21.1 Å². The Morgan fingerprint density at radius 2 is 1.87 bits per heavy atom. The Labute approximate surface area is 183 Å². The van der Waals surface area contributed by atoms with Crippen LogP contribution in [0.1, 0.15) is 15.9 Å². The van der Waals surface area contributed by atoms with Gasteiger partial charge in [0.25, 0.3) is 11.5 Å². The smallest absolute Gasteiger partial charge is 0.265 e. The van der Waals surface area contributed by atoms with Crippen molar-refractivity contribution in [2.24, 2.45) is 0 Å². The quantitative estimate of drug-likeness (QED) is 0.467. The number of carbonyl (C=O) groups excluding carboxylic acids is 1. The van der Waals surface area contributed by atoms with E-state index in [1.54, 1.807) is 44.6 Å². The molecule has 1 N–H and O–H groups in total. The highest BCUT2D eigenvalue weighted by atomic mass is 35.5. The number of methoxy groups -OCH3 is 2. The molecule has 4 aromatic rings. The number of nitrogens with one attached hydrogen (secondary N) is 1. The summed E-state index contributed by atoms with van der Waals surface area (Å²) in [5.74, 6) is 1.01. The van der Waals surface area contributed by atoms with Gasteiger partial charge in [-0.1, -0.05) is 17.7 Å². The topological polar surface area (TPSA) is 81.9 Å². The summed E-state index contributed by atoms with van der Waals surface area (Å²) >= 11 is 6.01. The molecule has 0 bridgehead atoms. The molecule has 0 fully saturated rings. The lowest BCUT2D eigenvalue weighted by Crippen LogP contribution is -2.27. The number of amides is 1. The SMILES string of the molecule is COc1ccc(CCNC(=O)c2ccc3nc4ccc(Cl)cc4c(=O)n3c2)cc1OC. The Morgan fingerprint density at radius 1 is 1.06 bits per heavy atom. The number of ether oxygens (including phenoxy) is 2. The lowest BCUT2D eigenvalue weighted by atomic mass is 10.1. The molecule has 0 saturated carbocycles. The first-order valence-corrected chi connectivity index (χ1v) is 9.99. The van der Waals surface area contributed by atoms with E-state index >= 15 is 0 Å². The molecule has 7 nitrogen and oxygen atoms in total. The van der Waals surface area contributed by atoms with Gasteiger partial charge < -0.3 is 14.8 Å². The third-order valence-electron chi connectivity index (χ3n) is 4.98. The zero-order valence-electron chi connectivity index (χ0n) is 17.0. The molecule has 0 aliphatic heterocycles. The Balaban J connectivity index is 1.52. The van der Waals surface area contributed by atoms with Gasteiger partial charge >= 0.3 is 0 Å². The van der Waals surface area contributed by atoms with E-state index in [9.17, 15) is 9.59 Å². The molecule has 158 valence electrons. The second-order valence-corrected chi connectivity index (χ2v) is 7.36. The van der Waals surface area contributed by atoms with Crippen LogP contribution in [0.15, 0.2) is 59.5 Å². The highest BCUT2D eigenvalue weighted by molar-refractivity contribution is 6.31. The van der Waals surface area contributed by atoms with Crippen LogP contribution >= 0.6 is 11.6 Å². The van der Waals surface area contributed by atoms with Crippen LogP contribution in [0, 0.1) is 0 Å². The molecule has 0 atom stereocenters. The minimum atomic E-state index is -0.277. The van der Waals surface area contributed by atoms with Crippen LogP contribution in [0.4, 0.5) is 0 Å². The molecule has 0 unspecified atom stereocenters. The van der Waals surface area contributed by atoms with Crippen molar-refractivity contribution in [1.82, 2.24) is 14.7 Å². The molecular weight excluding hydrogens is 418 g/mol. The molecule has 2 heterocycles. The second kappa shape index (κ2) is 8.65. The summed E-state index contributed by atoms with van der Waals surface area (Å²) in [6, 6.07) is 13.9. The first-order valence-electron chi connectivity index (χ1n) is 9.61. The molecule has 2 aromatic heterocycles. The normalized spacial score (nSPS) is 10.9. The summed E-state index contributed by atoms with van der Waals surface area (Å²) in [6.07, 6.45) is 2.11. The highest BCUT2D eigenvalue weighted by Gasteiger charge is 2.11. The van der Waals surface area contributed by atoms with Crippen LogP contribution in [0.5, 0.6) is 11.5 Å². The van der Waals surface area contributed by atoms with Crippen LogP contribution in [-0.2, 0) is 6.42 Å². The van der Waals surface area contributed by atoms with Crippen molar-refractivity contribution in [3.05, 3.63) is 81.2 Å². The lowest BCUT2D eigenvalue weighted by Gasteiger charge is -2.10. The number of nitrogens with zero attached hydrogens (tertiary/aromatic N) is 2. The fourth-order valence-corrected chi connectivity index (χ4v) is 3.54. The number of aromatic nitrogens is 2. The zero-order chi connectivity index (χ0) is 22.0. The van der Waals surface area contributed by atoms with Gasteiger partial charge in [-0.05, 0) is 54.4 Å². The zero-order valence-corrected chi connectivity index (χ0v) is 17.8. The molecule has 4 rings (SSSR count). The molecule has 1 amide bonds. The maximum Gasteiger partial charge on any atom is 0.265 e. The fourth-order valence-electron chi connectivity index (χ4n) is 3.37. The fraction of sp³-hybridized carbons (Fsp3) is 0.174. The van der Waals surface area contributed by atoms with Gasteiger partial charge in [-0.3, -0.25) is 14.0 Å². The third kappa shape index (κ3) is 4.18. The summed E-state index contributed by atoms with van der Waals surface area (Å²) < 4.78 is 11.9. The molecule has 0 radical (unpaired) electrons. The average Bonchev–Trinajstić information content (AvgIpc) is 2.79. The van der Waals surface area contributed by atoms with Crippen molar-refractivity contribution in [2.75, 3.05) is 20.8 Å². The summed E-state index contributed by atoms with van der Waals surface area (Å²) in [6.45, 7) is 0.423. The van der Waals surface area contributed by atoms with Gasteiger partial charge in [-0.2, -0.15) is 0 Å². The van der Waals surface area contributed by atoms with Crippen molar-refractivity contribution in [1.29, 1.82) is 0 Å². The molecular formula is C23H20ClN3O4. The largest absolute Gasteiger partial charge is 0.493 e. The number of benzene rings is 2.